The van der Waals surface area contributed by atoms with Crippen molar-refractivity contribution in [3.63, 3.8) is 0 Å². The minimum Gasteiger partial charge on any atom is -0.384 e. The molecule has 21 heavy (non-hydrogen) atoms. The van der Waals surface area contributed by atoms with Crippen LogP contribution in [0, 0.1) is 5.41 Å². The monoisotopic (exact) mass is 311 g/mol. The topological polar surface area (TPSA) is 71.6 Å². The van der Waals surface area contributed by atoms with Gasteiger partial charge in [0, 0.05) is 37.9 Å². The first kappa shape index (κ1) is 17.8. The number of nitrogens with one attached hydrogen (secondary N) is 1. The third-order valence-electron chi connectivity index (χ3n) is 3.04. The average molecular weight is 311 g/mol. The van der Waals surface area contributed by atoms with Crippen LogP contribution in [0.25, 0.3) is 0 Å². The number of nitrogen functional groups attached to an aromatic ring is 1. The Kier molecular flexibility index (Phi) is 8.19. The molecule has 0 aliphatic carbocycles. The van der Waals surface area contributed by atoms with Gasteiger partial charge >= 0.3 is 0 Å². The second kappa shape index (κ2) is 9.65. The molecule has 0 unspecified atom stereocenters. The van der Waals surface area contributed by atoms with Gasteiger partial charge in [0.2, 0.25) is 0 Å². The lowest BCUT2D eigenvalue weighted by Gasteiger charge is -2.27. The van der Waals surface area contributed by atoms with E-state index in [9.17, 15) is 0 Å². The molecular formula is C15H25N3O2S. The molecule has 0 saturated carbocycles. The number of ether oxygens (including phenoxy) is 2. The second-order valence-electron chi connectivity index (χ2n) is 4.47. The summed E-state index contributed by atoms with van der Waals surface area (Å²) in [5.74, 6) is 1.04. The summed E-state index contributed by atoms with van der Waals surface area (Å²) >= 11 is 1.70. The van der Waals surface area contributed by atoms with Gasteiger partial charge in [-0.15, -0.1) is 11.8 Å². The van der Waals surface area contributed by atoms with E-state index in [1.54, 1.807) is 26.0 Å². The number of nitrogens with two attached hydrogens (primary N) is 1. The molecule has 118 valence electrons. The Labute approximate surface area is 131 Å². The molecule has 1 rings (SSSR count). The van der Waals surface area contributed by atoms with Gasteiger partial charge in [0.15, 0.2) is 0 Å². The van der Waals surface area contributed by atoms with Crippen molar-refractivity contribution in [2.24, 2.45) is 5.73 Å². The highest BCUT2D eigenvalue weighted by Gasteiger charge is 2.16. The summed E-state index contributed by atoms with van der Waals surface area (Å²) in [5, 5.41) is 7.92. The van der Waals surface area contributed by atoms with E-state index in [0.29, 0.717) is 13.2 Å². The third-order valence-corrected chi connectivity index (χ3v) is 3.98. The summed E-state index contributed by atoms with van der Waals surface area (Å²) < 4.78 is 10.4. The van der Waals surface area contributed by atoms with Crippen LogP contribution in [0.15, 0.2) is 23.1 Å². The number of hydrogen-bond acceptors (Lipinski definition) is 5. The van der Waals surface area contributed by atoms with E-state index in [2.05, 4.69) is 11.8 Å². The minimum atomic E-state index is 0.0985. The van der Waals surface area contributed by atoms with Crippen molar-refractivity contribution in [2.75, 3.05) is 51.2 Å². The van der Waals surface area contributed by atoms with Crippen molar-refractivity contribution in [1.82, 2.24) is 0 Å². The standard InChI is InChI=1S/C15H25N3O2S/c1-4-21-13-7-5-6-12(14(13)15(16)17)18(8-10-19-2)9-11-20-3/h5-7H,4,8-11H2,1-3H3,(H3,16,17). The fraction of sp³-hybridized carbons (Fsp3) is 0.533. The number of amidine groups is 1. The SMILES string of the molecule is CCSc1cccc(N(CCOC)CCOC)c1C(=N)N. The number of hydrogen-bond donors (Lipinski definition) is 2. The highest BCUT2D eigenvalue weighted by Crippen LogP contribution is 2.30. The Balaban J connectivity index is 3.15. The molecule has 5 nitrogen and oxygen atoms in total. The largest absolute Gasteiger partial charge is 0.384 e. The van der Waals surface area contributed by atoms with Crippen LogP contribution in [0.4, 0.5) is 5.69 Å². The predicted octanol–water partition coefficient (Wildman–Crippen LogP) is 2.18. The molecule has 0 amide bonds. The maximum Gasteiger partial charge on any atom is 0.126 e. The molecule has 0 spiro atoms. The van der Waals surface area contributed by atoms with Gasteiger partial charge in [0.05, 0.1) is 18.8 Å². The summed E-state index contributed by atoms with van der Waals surface area (Å²) in [6.45, 7) is 4.80. The van der Waals surface area contributed by atoms with Crippen molar-refractivity contribution in [3.8, 4) is 0 Å². The number of rotatable bonds is 10. The van der Waals surface area contributed by atoms with Gasteiger partial charge in [-0.1, -0.05) is 13.0 Å². The van der Waals surface area contributed by atoms with E-state index in [-0.39, 0.29) is 5.84 Å². The van der Waals surface area contributed by atoms with E-state index >= 15 is 0 Å². The van der Waals surface area contributed by atoms with Gasteiger partial charge in [0.1, 0.15) is 5.84 Å². The molecule has 0 atom stereocenters. The molecule has 0 bridgehead atoms. The second-order valence-corrected chi connectivity index (χ2v) is 5.78. The first-order chi connectivity index (χ1) is 10.2. The molecule has 0 saturated heterocycles. The lowest BCUT2D eigenvalue weighted by atomic mass is 10.1. The third kappa shape index (κ3) is 5.22. The minimum absolute atomic E-state index is 0.0985. The van der Waals surface area contributed by atoms with Crippen LogP contribution in [0.3, 0.4) is 0 Å². The fourth-order valence-corrected chi connectivity index (χ4v) is 2.93. The van der Waals surface area contributed by atoms with Gasteiger partial charge < -0.3 is 20.1 Å². The first-order valence-electron chi connectivity index (χ1n) is 6.98. The zero-order valence-corrected chi connectivity index (χ0v) is 13.8. The van der Waals surface area contributed by atoms with E-state index < -0.39 is 0 Å². The zero-order valence-electron chi connectivity index (χ0n) is 13.0. The Morgan fingerprint density at radius 3 is 2.33 bits per heavy atom. The molecule has 6 heteroatoms. The number of thioether (sulfide) groups is 1. The lowest BCUT2D eigenvalue weighted by molar-refractivity contribution is 0.190. The fourth-order valence-electron chi connectivity index (χ4n) is 2.09. The Morgan fingerprint density at radius 2 is 1.86 bits per heavy atom. The van der Waals surface area contributed by atoms with Crippen molar-refractivity contribution in [1.29, 1.82) is 5.41 Å². The molecule has 3 N–H and O–H groups in total. The molecule has 0 fully saturated rings. The molecule has 0 aliphatic rings. The van der Waals surface area contributed by atoms with Gasteiger partial charge in [-0.2, -0.15) is 0 Å². The zero-order chi connectivity index (χ0) is 15.7. The van der Waals surface area contributed by atoms with Crippen LogP contribution in [0.2, 0.25) is 0 Å². The van der Waals surface area contributed by atoms with E-state index in [1.165, 1.54) is 0 Å². The summed E-state index contributed by atoms with van der Waals surface area (Å²) in [5.41, 5.74) is 7.59. The number of anilines is 1. The Morgan fingerprint density at radius 1 is 1.24 bits per heavy atom. The first-order valence-corrected chi connectivity index (χ1v) is 7.97. The number of benzene rings is 1. The van der Waals surface area contributed by atoms with Crippen molar-refractivity contribution >= 4 is 23.3 Å². The number of methoxy groups -OCH3 is 2. The van der Waals surface area contributed by atoms with Crippen LogP contribution in [-0.4, -0.2) is 52.1 Å². The number of nitrogens with zero attached hydrogens (tertiary/aromatic N) is 1. The summed E-state index contributed by atoms with van der Waals surface area (Å²) in [6.07, 6.45) is 0. The van der Waals surface area contributed by atoms with Crippen LogP contribution in [0.5, 0.6) is 0 Å². The molecule has 0 heterocycles. The molecule has 0 aliphatic heterocycles. The molecule has 0 radical (unpaired) electrons. The molecule has 1 aromatic rings. The van der Waals surface area contributed by atoms with E-state index in [4.69, 9.17) is 20.6 Å². The highest BCUT2D eigenvalue weighted by atomic mass is 32.2. The quantitative estimate of drug-likeness (QED) is 0.394. The lowest BCUT2D eigenvalue weighted by Crippen LogP contribution is -2.32. The van der Waals surface area contributed by atoms with Gasteiger partial charge in [-0.3, -0.25) is 5.41 Å². The molecule has 1 aromatic carbocycles. The maximum absolute atomic E-state index is 7.92. The highest BCUT2D eigenvalue weighted by molar-refractivity contribution is 7.99. The smallest absolute Gasteiger partial charge is 0.126 e. The predicted molar refractivity (Wildman–Crippen MR) is 89.8 cm³/mol. The Bertz CT molecular complexity index is 447. The van der Waals surface area contributed by atoms with Crippen LogP contribution < -0.4 is 10.6 Å². The molecule has 0 aromatic heterocycles. The summed E-state index contributed by atoms with van der Waals surface area (Å²) in [4.78, 5) is 3.20. The van der Waals surface area contributed by atoms with E-state index in [0.717, 1.165) is 35.0 Å². The molecular weight excluding hydrogens is 286 g/mol. The van der Waals surface area contributed by atoms with Gasteiger partial charge in [-0.05, 0) is 17.9 Å². The van der Waals surface area contributed by atoms with Gasteiger partial charge in [0.25, 0.3) is 0 Å². The van der Waals surface area contributed by atoms with Crippen LogP contribution >= 0.6 is 11.8 Å². The Hall–Kier alpha value is -1.24. The summed E-state index contributed by atoms with van der Waals surface area (Å²) in [7, 11) is 3.37. The van der Waals surface area contributed by atoms with Crippen molar-refractivity contribution in [2.45, 2.75) is 11.8 Å². The van der Waals surface area contributed by atoms with Crippen LogP contribution in [0.1, 0.15) is 12.5 Å². The van der Waals surface area contributed by atoms with Crippen molar-refractivity contribution in [3.05, 3.63) is 23.8 Å². The maximum atomic E-state index is 7.92. The average Bonchev–Trinajstić information content (AvgIpc) is 2.47. The van der Waals surface area contributed by atoms with Gasteiger partial charge in [-0.25, -0.2) is 0 Å². The van der Waals surface area contributed by atoms with Crippen molar-refractivity contribution < 1.29 is 9.47 Å². The summed E-state index contributed by atoms with van der Waals surface area (Å²) in [6, 6.07) is 6.02. The van der Waals surface area contributed by atoms with Crippen LogP contribution in [-0.2, 0) is 9.47 Å². The normalized spacial score (nSPS) is 10.6. The van der Waals surface area contributed by atoms with E-state index in [1.807, 2.05) is 18.2 Å².